The minimum Gasteiger partial charge on any atom is -0.433 e. The molecule has 8 nitrogen and oxygen atoms in total. The Balaban J connectivity index is 1.79. The summed E-state index contributed by atoms with van der Waals surface area (Å²) in [6, 6.07) is 11.0. The Morgan fingerprint density at radius 2 is 1.81 bits per heavy atom. The average Bonchev–Trinajstić information content (AvgIpc) is 3.23. The highest BCUT2D eigenvalue weighted by Crippen LogP contribution is 2.26. The Kier molecular flexibility index (Phi) is 7.04. The molecule has 1 heterocycles. The van der Waals surface area contributed by atoms with E-state index in [1.807, 2.05) is 0 Å². The van der Waals surface area contributed by atoms with Crippen molar-refractivity contribution >= 4 is 23.4 Å². The van der Waals surface area contributed by atoms with Gasteiger partial charge in [0.25, 0.3) is 5.91 Å². The second kappa shape index (κ2) is 9.73. The van der Waals surface area contributed by atoms with Gasteiger partial charge in [-0.25, -0.2) is 0 Å². The van der Waals surface area contributed by atoms with Crippen LogP contribution in [0.3, 0.4) is 0 Å². The van der Waals surface area contributed by atoms with Crippen LogP contribution < -0.4 is 15.4 Å². The summed E-state index contributed by atoms with van der Waals surface area (Å²) in [5, 5.41) is 9.50. The minimum atomic E-state index is -3.31. The molecule has 0 bridgehead atoms. The molecule has 11 heteroatoms. The number of nitrogens with one attached hydrogen (secondary N) is 2. The van der Waals surface area contributed by atoms with E-state index in [1.54, 1.807) is 12.1 Å². The van der Waals surface area contributed by atoms with E-state index in [0.717, 1.165) is 0 Å². The number of carbonyl (C=O) groups is 2. The monoisotopic (exact) mass is 464 g/mol. The highest BCUT2D eigenvalue weighted by atomic mass is 35.5. The quantitative estimate of drug-likeness (QED) is 0.522. The fourth-order valence-corrected chi connectivity index (χ4v) is 2.83. The van der Waals surface area contributed by atoms with Crippen LogP contribution in [0.5, 0.6) is 5.75 Å². The second-order valence-electron chi connectivity index (χ2n) is 6.80. The third-order valence-corrected chi connectivity index (χ3v) is 4.48. The molecule has 1 atom stereocenters. The molecule has 0 aliphatic heterocycles. The Hall–Kier alpha value is -3.53. The topological polar surface area (TPSA) is 106 Å². The Morgan fingerprint density at radius 3 is 2.41 bits per heavy atom. The van der Waals surface area contributed by atoms with E-state index in [4.69, 9.17) is 16.1 Å². The number of rotatable bonds is 8. The van der Waals surface area contributed by atoms with E-state index in [1.165, 1.54) is 43.4 Å². The molecule has 0 saturated heterocycles. The van der Waals surface area contributed by atoms with Crippen molar-refractivity contribution in [2.45, 2.75) is 25.5 Å². The number of aromatic nitrogens is 2. The first kappa shape index (κ1) is 23.1. The van der Waals surface area contributed by atoms with Gasteiger partial charge in [-0.1, -0.05) is 16.8 Å². The van der Waals surface area contributed by atoms with Crippen LogP contribution in [0.2, 0.25) is 5.02 Å². The van der Waals surface area contributed by atoms with Crippen molar-refractivity contribution in [3.63, 3.8) is 0 Å². The van der Waals surface area contributed by atoms with Gasteiger partial charge in [-0.15, -0.1) is 0 Å². The Bertz CT molecular complexity index is 1080. The molecule has 0 aliphatic carbocycles. The summed E-state index contributed by atoms with van der Waals surface area (Å²) < 4.78 is 35.7. The summed E-state index contributed by atoms with van der Waals surface area (Å²) in [6.45, 7) is 0.636. The molecule has 2 N–H and O–H groups in total. The van der Waals surface area contributed by atoms with Gasteiger partial charge in [0.15, 0.2) is 0 Å². The fourth-order valence-electron chi connectivity index (χ4n) is 2.70. The van der Waals surface area contributed by atoms with Gasteiger partial charge in [-0.05, 0) is 48.5 Å². The van der Waals surface area contributed by atoms with E-state index in [2.05, 4.69) is 25.5 Å². The molecule has 0 saturated carbocycles. The van der Waals surface area contributed by atoms with Crippen molar-refractivity contribution < 1.29 is 27.6 Å². The molecular formula is C21H19ClF2N4O4. The van der Waals surface area contributed by atoms with E-state index < -0.39 is 18.1 Å². The molecule has 0 aliphatic rings. The van der Waals surface area contributed by atoms with Crippen LogP contribution in [-0.4, -0.2) is 35.1 Å². The zero-order valence-electron chi connectivity index (χ0n) is 17.1. The molecule has 2 amide bonds. The highest BCUT2D eigenvalue weighted by molar-refractivity contribution is 6.30. The van der Waals surface area contributed by atoms with Gasteiger partial charge in [-0.2, -0.15) is 13.8 Å². The van der Waals surface area contributed by atoms with Crippen LogP contribution in [0.1, 0.15) is 35.6 Å². The lowest BCUT2D eigenvalue weighted by atomic mass is 10.1. The molecule has 0 fully saturated rings. The maximum Gasteiger partial charge on any atom is 0.394 e. The van der Waals surface area contributed by atoms with Crippen LogP contribution in [0.25, 0.3) is 11.4 Å². The van der Waals surface area contributed by atoms with E-state index in [0.29, 0.717) is 23.1 Å². The van der Waals surface area contributed by atoms with Gasteiger partial charge in [0.1, 0.15) is 11.8 Å². The fraction of sp³-hybridized carbons (Fsp3) is 0.238. The summed E-state index contributed by atoms with van der Waals surface area (Å²) in [6.07, 6.45) is -3.45. The standard InChI is InChI=1S/C21H19ClF2N4O4/c1-21(23,24)31-15-9-5-12(6-10-15)18-27-20(32-28-18)16(11-17(29)25-2)26-19(30)13-3-7-14(22)8-4-13/h3-10,16H,11H2,1-2H3,(H,25,29)(H,26,30)/t16-/m0/s1. The van der Waals surface area contributed by atoms with Gasteiger partial charge >= 0.3 is 6.11 Å². The van der Waals surface area contributed by atoms with Crippen molar-refractivity contribution in [1.29, 1.82) is 0 Å². The van der Waals surface area contributed by atoms with E-state index in [-0.39, 0.29) is 29.8 Å². The number of nitrogens with zero attached hydrogens (tertiary/aromatic N) is 2. The van der Waals surface area contributed by atoms with Crippen LogP contribution in [0, 0.1) is 0 Å². The molecule has 0 spiro atoms. The maximum absolute atomic E-state index is 13.0. The van der Waals surface area contributed by atoms with Crippen LogP contribution in [-0.2, 0) is 4.79 Å². The first-order chi connectivity index (χ1) is 15.1. The van der Waals surface area contributed by atoms with Crippen molar-refractivity contribution in [2.24, 2.45) is 0 Å². The van der Waals surface area contributed by atoms with Gasteiger partial charge in [0, 0.05) is 30.1 Å². The molecule has 0 unspecified atom stereocenters. The average molecular weight is 465 g/mol. The largest absolute Gasteiger partial charge is 0.433 e. The maximum atomic E-state index is 13.0. The predicted molar refractivity (Wildman–Crippen MR) is 111 cm³/mol. The number of carbonyl (C=O) groups excluding carboxylic acids is 2. The van der Waals surface area contributed by atoms with Gasteiger partial charge in [0.2, 0.25) is 17.6 Å². The number of hydrogen-bond acceptors (Lipinski definition) is 6. The normalized spacial score (nSPS) is 12.2. The summed E-state index contributed by atoms with van der Waals surface area (Å²) >= 11 is 5.84. The number of halogens is 3. The van der Waals surface area contributed by atoms with Gasteiger partial charge in [-0.3, -0.25) is 9.59 Å². The van der Waals surface area contributed by atoms with E-state index in [9.17, 15) is 18.4 Å². The van der Waals surface area contributed by atoms with Gasteiger partial charge < -0.3 is 19.9 Å². The van der Waals surface area contributed by atoms with Gasteiger partial charge in [0.05, 0.1) is 6.42 Å². The first-order valence-corrected chi connectivity index (χ1v) is 9.80. The second-order valence-corrected chi connectivity index (χ2v) is 7.24. The molecule has 3 aromatic rings. The summed E-state index contributed by atoms with van der Waals surface area (Å²) in [4.78, 5) is 28.8. The molecule has 2 aromatic carbocycles. The van der Waals surface area contributed by atoms with Crippen LogP contribution >= 0.6 is 11.6 Å². The van der Waals surface area contributed by atoms with Crippen molar-refractivity contribution in [2.75, 3.05) is 7.05 Å². The number of amides is 2. The zero-order chi connectivity index (χ0) is 23.3. The third kappa shape index (κ3) is 6.24. The molecule has 0 radical (unpaired) electrons. The number of hydrogen-bond donors (Lipinski definition) is 2. The Morgan fingerprint density at radius 1 is 1.16 bits per heavy atom. The lowest BCUT2D eigenvalue weighted by molar-refractivity contribution is -0.158. The lowest BCUT2D eigenvalue weighted by Crippen LogP contribution is -2.33. The van der Waals surface area contributed by atoms with Crippen molar-refractivity contribution in [3.05, 3.63) is 65.0 Å². The zero-order valence-corrected chi connectivity index (χ0v) is 17.8. The van der Waals surface area contributed by atoms with E-state index >= 15 is 0 Å². The first-order valence-electron chi connectivity index (χ1n) is 9.42. The molecular weight excluding hydrogens is 446 g/mol. The SMILES string of the molecule is CNC(=O)C[C@H](NC(=O)c1ccc(Cl)cc1)c1nc(-c2ccc(OC(C)(F)F)cc2)no1. The number of ether oxygens (including phenoxy) is 1. The number of alkyl halides is 2. The lowest BCUT2D eigenvalue weighted by Gasteiger charge is -2.14. The summed E-state index contributed by atoms with van der Waals surface area (Å²) in [5.41, 5.74) is 0.800. The summed E-state index contributed by atoms with van der Waals surface area (Å²) in [7, 11) is 1.46. The molecule has 3 rings (SSSR count). The molecule has 32 heavy (non-hydrogen) atoms. The van der Waals surface area contributed by atoms with Crippen molar-refractivity contribution in [3.8, 4) is 17.1 Å². The third-order valence-electron chi connectivity index (χ3n) is 4.23. The van der Waals surface area contributed by atoms with Crippen LogP contribution in [0.4, 0.5) is 8.78 Å². The van der Waals surface area contributed by atoms with Crippen molar-refractivity contribution in [1.82, 2.24) is 20.8 Å². The molecule has 168 valence electrons. The van der Waals surface area contributed by atoms with Crippen LogP contribution in [0.15, 0.2) is 53.1 Å². The predicted octanol–water partition coefficient (Wildman–Crippen LogP) is 3.99. The highest BCUT2D eigenvalue weighted by Gasteiger charge is 2.26. The number of benzene rings is 2. The smallest absolute Gasteiger partial charge is 0.394 e. The minimum absolute atomic E-state index is 0.00586. The summed E-state index contributed by atoms with van der Waals surface area (Å²) in [5.74, 6) is -0.688. The molecule has 1 aromatic heterocycles. The Labute approximate surface area is 186 Å².